The third-order valence-electron chi connectivity index (χ3n) is 2.72. The molecule has 0 amide bonds. The average Bonchev–Trinajstić information content (AvgIpc) is 2.62. The van der Waals surface area contributed by atoms with Crippen molar-refractivity contribution in [2.75, 3.05) is 0 Å². The molecule has 16 heavy (non-hydrogen) atoms. The third-order valence-corrected chi connectivity index (χ3v) is 2.72. The molecule has 4 heteroatoms. The zero-order valence-corrected chi connectivity index (χ0v) is 9.23. The van der Waals surface area contributed by atoms with Crippen molar-refractivity contribution in [2.45, 2.75) is 25.7 Å². The summed E-state index contributed by atoms with van der Waals surface area (Å²) in [5.41, 5.74) is 1.21. The predicted molar refractivity (Wildman–Crippen MR) is 59.3 cm³/mol. The van der Waals surface area contributed by atoms with E-state index in [1.54, 1.807) is 6.20 Å². The zero-order chi connectivity index (χ0) is 11.8. The first-order chi connectivity index (χ1) is 7.50. The van der Waals surface area contributed by atoms with Crippen molar-refractivity contribution in [3.05, 3.63) is 30.0 Å². The topological polar surface area (TPSA) is 63.3 Å². The highest BCUT2D eigenvalue weighted by molar-refractivity contribution is 5.82. The Morgan fingerprint density at radius 3 is 2.94 bits per heavy atom. The smallest absolute Gasteiger partial charge is 0.304 e. The summed E-state index contributed by atoms with van der Waals surface area (Å²) in [5, 5.41) is 13.5. The number of carboxylic acids is 1. The molecule has 0 unspecified atom stereocenters. The Hall–Kier alpha value is -1.84. The number of aliphatic carboxylic acids is 1. The predicted octanol–water partition coefficient (Wildman–Crippen LogP) is 2.58. The van der Waals surface area contributed by atoms with Crippen LogP contribution in [0.5, 0.6) is 0 Å². The van der Waals surface area contributed by atoms with Crippen LogP contribution >= 0.6 is 0 Å². The lowest BCUT2D eigenvalue weighted by molar-refractivity contribution is -0.138. The van der Waals surface area contributed by atoms with Crippen molar-refractivity contribution in [3.63, 3.8) is 0 Å². The molecule has 0 spiro atoms. The molecule has 2 rings (SSSR count). The molecule has 0 aliphatic heterocycles. The molecule has 0 radical (unpaired) electrons. The molecular weight excluding hydrogens is 206 g/mol. The lowest BCUT2D eigenvalue weighted by Crippen LogP contribution is -2.21. The first-order valence-electron chi connectivity index (χ1n) is 5.06. The van der Waals surface area contributed by atoms with Crippen LogP contribution in [-0.2, 0) is 10.2 Å². The van der Waals surface area contributed by atoms with Gasteiger partial charge in [0.05, 0.1) is 12.6 Å². The van der Waals surface area contributed by atoms with Crippen LogP contribution in [0, 0.1) is 0 Å². The van der Waals surface area contributed by atoms with E-state index < -0.39 is 11.4 Å². The van der Waals surface area contributed by atoms with E-state index in [1.807, 2.05) is 32.0 Å². The molecule has 0 atom stereocenters. The van der Waals surface area contributed by atoms with Crippen LogP contribution in [0.25, 0.3) is 11.0 Å². The molecule has 2 aromatic rings. The number of fused-ring (bicyclic) bond motifs is 1. The molecule has 0 fully saturated rings. The van der Waals surface area contributed by atoms with Crippen molar-refractivity contribution < 1.29 is 14.4 Å². The maximum atomic E-state index is 10.8. The highest BCUT2D eigenvalue weighted by Crippen LogP contribution is 2.32. The van der Waals surface area contributed by atoms with Gasteiger partial charge in [0.15, 0.2) is 5.58 Å². The van der Waals surface area contributed by atoms with E-state index in [9.17, 15) is 4.79 Å². The highest BCUT2D eigenvalue weighted by atomic mass is 16.5. The fraction of sp³-hybridized carbons (Fsp3) is 0.333. The van der Waals surface area contributed by atoms with E-state index in [0.717, 1.165) is 10.9 Å². The Labute approximate surface area is 92.9 Å². The summed E-state index contributed by atoms with van der Waals surface area (Å²) in [6.45, 7) is 3.81. The highest BCUT2D eigenvalue weighted by Gasteiger charge is 2.26. The lowest BCUT2D eigenvalue weighted by atomic mass is 9.80. The molecule has 0 aliphatic carbocycles. The fourth-order valence-corrected chi connectivity index (χ4v) is 1.96. The molecular formula is C12H13NO3. The minimum absolute atomic E-state index is 0.0806. The number of aromatic nitrogens is 1. The summed E-state index contributed by atoms with van der Waals surface area (Å²) in [4.78, 5) is 10.8. The summed E-state index contributed by atoms with van der Waals surface area (Å²) in [5.74, 6) is -0.807. The fourth-order valence-electron chi connectivity index (χ4n) is 1.96. The number of carboxylic acid groups (broad SMARTS) is 1. The molecule has 0 bridgehead atoms. The van der Waals surface area contributed by atoms with Gasteiger partial charge in [0.2, 0.25) is 0 Å². The molecule has 0 aliphatic rings. The molecule has 0 saturated heterocycles. The minimum atomic E-state index is -0.807. The van der Waals surface area contributed by atoms with E-state index >= 15 is 0 Å². The van der Waals surface area contributed by atoms with Crippen LogP contribution < -0.4 is 0 Å². The third kappa shape index (κ3) is 1.78. The molecule has 1 aromatic carbocycles. The van der Waals surface area contributed by atoms with Gasteiger partial charge < -0.3 is 9.63 Å². The van der Waals surface area contributed by atoms with Crippen LogP contribution in [0.3, 0.4) is 0 Å². The minimum Gasteiger partial charge on any atom is -0.481 e. The number of nitrogens with zero attached hydrogens (tertiary/aromatic N) is 1. The van der Waals surface area contributed by atoms with Crippen LogP contribution in [0.15, 0.2) is 28.9 Å². The second-order valence-corrected chi connectivity index (χ2v) is 4.50. The normalized spacial score (nSPS) is 11.9. The number of rotatable bonds is 3. The molecule has 1 aromatic heterocycles. The summed E-state index contributed by atoms with van der Waals surface area (Å²) < 4.78 is 5.06. The van der Waals surface area contributed by atoms with E-state index in [1.165, 1.54) is 0 Å². The second-order valence-electron chi connectivity index (χ2n) is 4.50. The zero-order valence-electron chi connectivity index (χ0n) is 9.23. The van der Waals surface area contributed by atoms with Crippen molar-refractivity contribution >= 4 is 16.9 Å². The van der Waals surface area contributed by atoms with Crippen LogP contribution in [0.4, 0.5) is 0 Å². The van der Waals surface area contributed by atoms with Crippen molar-refractivity contribution in [2.24, 2.45) is 0 Å². The number of hydrogen-bond acceptors (Lipinski definition) is 3. The van der Waals surface area contributed by atoms with Gasteiger partial charge in [-0.25, -0.2) is 0 Å². The Balaban J connectivity index is 2.53. The van der Waals surface area contributed by atoms with Crippen LogP contribution in [0.2, 0.25) is 0 Å². The summed E-state index contributed by atoms with van der Waals surface area (Å²) >= 11 is 0. The Morgan fingerprint density at radius 1 is 1.50 bits per heavy atom. The lowest BCUT2D eigenvalue weighted by Gasteiger charge is -2.23. The average molecular weight is 219 g/mol. The number of carbonyl (C=O) groups is 1. The van der Waals surface area contributed by atoms with Gasteiger partial charge in [0, 0.05) is 10.8 Å². The van der Waals surface area contributed by atoms with Gasteiger partial charge >= 0.3 is 5.97 Å². The van der Waals surface area contributed by atoms with E-state index in [0.29, 0.717) is 5.58 Å². The Kier molecular flexibility index (Phi) is 2.42. The second kappa shape index (κ2) is 3.63. The van der Waals surface area contributed by atoms with Crippen molar-refractivity contribution in [1.82, 2.24) is 5.16 Å². The van der Waals surface area contributed by atoms with E-state index in [4.69, 9.17) is 9.63 Å². The Bertz CT molecular complexity index is 528. The maximum Gasteiger partial charge on any atom is 0.304 e. The number of benzene rings is 1. The Morgan fingerprint density at radius 2 is 2.25 bits per heavy atom. The van der Waals surface area contributed by atoms with Crippen molar-refractivity contribution in [1.29, 1.82) is 0 Å². The molecule has 1 N–H and O–H groups in total. The largest absolute Gasteiger partial charge is 0.481 e. The SMILES string of the molecule is CC(C)(CC(=O)O)c1cccc2oncc12. The van der Waals surface area contributed by atoms with Gasteiger partial charge in [-0.15, -0.1) is 0 Å². The van der Waals surface area contributed by atoms with Gasteiger partial charge in [-0.05, 0) is 11.6 Å². The van der Waals surface area contributed by atoms with Crippen LogP contribution in [-0.4, -0.2) is 16.2 Å². The summed E-state index contributed by atoms with van der Waals surface area (Å²) in [6.07, 6.45) is 1.71. The van der Waals surface area contributed by atoms with Gasteiger partial charge in [-0.2, -0.15) is 0 Å². The number of hydrogen-bond donors (Lipinski definition) is 1. The van der Waals surface area contributed by atoms with Gasteiger partial charge in [-0.3, -0.25) is 4.79 Å². The first-order valence-corrected chi connectivity index (χ1v) is 5.06. The van der Waals surface area contributed by atoms with Gasteiger partial charge in [0.25, 0.3) is 0 Å². The summed E-state index contributed by atoms with van der Waals surface area (Å²) in [6, 6.07) is 5.59. The monoisotopic (exact) mass is 219 g/mol. The summed E-state index contributed by atoms with van der Waals surface area (Å²) in [7, 11) is 0. The van der Waals surface area contributed by atoms with Crippen molar-refractivity contribution in [3.8, 4) is 0 Å². The van der Waals surface area contributed by atoms with Crippen LogP contribution in [0.1, 0.15) is 25.8 Å². The molecule has 84 valence electrons. The first kappa shape index (κ1) is 10.7. The van der Waals surface area contributed by atoms with Gasteiger partial charge in [-0.1, -0.05) is 31.1 Å². The van der Waals surface area contributed by atoms with Gasteiger partial charge in [0.1, 0.15) is 0 Å². The van der Waals surface area contributed by atoms with E-state index in [-0.39, 0.29) is 6.42 Å². The molecule has 4 nitrogen and oxygen atoms in total. The standard InChI is InChI=1S/C12H13NO3/c1-12(2,6-11(14)15)9-4-3-5-10-8(9)7-13-16-10/h3-5,7H,6H2,1-2H3,(H,14,15). The quantitative estimate of drug-likeness (QED) is 0.861. The maximum absolute atomic E-state index is 10.8. The molecule has 1 heterocycles. The van der Waals surface area contributed by atoms with E-state index in [2.05, 4.69) is 5.16 Å². The molecule has 0 saturated carbocycles.